The van der Waals surface area contributed by atoms with Crippen LogP contribution in [0, 0.1) is 0 Å². The Morgan fingerprint density at radius 1 is 1.11 bits per heavy atom. The molecule has 3 rings (SSSR count). The van der Waals surface area contributed by atoms with Gasteiger partial charge in [0.2, 0.25) is 0 Å². The standard InChI is InChI=1S/C16H17ClN2/c1-11(12-5-7-14(17)8-6-12)19-9-13-3-2-4-16(18)15(13)10-19/h2-8,11H,9-10,18H2,1H3. The summed E-state index contributed by atoms with van der Waals surface area (Å²) in [6.07, 6.45) is 0. The lowest BCUT2D eigenvalue weighted by atomic mass is 10.1. The normalized spacial score (nSPS) is 16.3. The quantitative estimate of drug-likeness (QED) is 0.838. The largest absolute Gasteiger partial charge is 0.398 e. The Kier molecular flexibility index (Phi) is 3.21. The first kappa shape index (κ1) is 12.5. The summed E-state index contributed by atoms with van der Waals surface area (Å²) in [5, 5.41) is 0.782. The number of benzene rings is 2. The lowest BCUT2D eigenvalue weighted by molar-refractivity contribution is 0.215. The van der Waals surface area contributed by atoms with Crippen molar-refractivity contribution < 1.29 is 0 Å². The molecule has 1 aliphatic rings. The maximum atomic E-state index is 6.05. The summed E-state index contributed by atoms with van der Waals surface area (Å²) in [5.74, 6) is 0. The molecule has 0 radical (unpaired) electrons. The van der Waals surface area contributed by atoms with Crippen molar-refractivity contribution in [1.29, 1.82) is 0 Å². The highest BCUT2D eigenvalue weighted by Crippen LogP contribution is 2.33. The molecule has 1 atom stereocenters. The molecule has 2 aromatic rings. The summed E-state index contributed by atoms with van der Waals surface area (Å²) in [4.78, 5) is 2.43. The van der Waals surface area contributed by atoms with Crippen molar-refractivity contribution >= 4 is 17.3 Å². The zero-order chi connectivity index (χ0) is 13.4. The van der Waals surface area contributed by atoms with E-state index in [1.165, 1.54) is 16.7 Å². The molecular weight excluding hydrogens is 256 g/mol. The van der Waals surface area contributed by atoms with Crippen LogP contribution in [-0.4, -0.2) is 4.90 Å². The van der Waals surface area contributed by atoms with Crippen LogP contribution in [0.2, 0.25) is 5.02 Å². The molecule has 1 heterocycles. The van der Waals surface area contributed by atoms with E-state index in [0.717, 1.165) is 23.8 Å². The van der Waals surface area contributed by atoms with E-state index in [1.54, 1.807) is 0 Å². The number of halogens is 1. The van der Waals surface area contributed by atoms with E-state index in [9.17, 15) is 0 Å². The zero-order valence-electron chi connectivity index (χ0n) is 10.9. The Hall–Kier alpha value is -1.51. The van der Waals surface area contributed by atoms with Crippen molar-refractivity contribution in [3.05, 3.63) is 64.2 Å². The Balaban J connectivity index is 1.82. The summed E-state index contributed by atoms with van der Waals surface area (Å²) in [6, 6.07) is 14.6. The van der Waals surface area contributed by atoms with Crippen LogP contribution in [0.4, 0.5) is 5.69 Å². The van der Waals surface area contributed by atoms with Crippen LogP contribution < -0.4 is 5.73 Å². The van der Waals surface area contributed by atoms with Gasteiger partial charge in [0.15, 0.2) is 0 Å². The van der Waals surface area contributed by atoms with Gasteiger partial charge in [-0.3, -0.25) is 4.90 Å². The Labute approximate surface area is 118 Å². The summed E-state index contributed by atoms with van der Waals surface area (Å²) in [5.41, 5.74) is 10.9. The third-order valence-electron chi connectivity index (χ3n) is 3.94. The molecule has 2 nitrogen and oxygen atoms in total. The zero-order valence-corrected chi connectivity index (χ0v) is 11.7. The second kappa shape index (κ2) is 4.87. The van der Waals surface area contributed by atoms with Gasteiger partial charge in [-0.2, -0.15) is 0 Å². The fraction of sp³-hybridized carbons (Fsp3) is 0.250. The van der Waals surface area contributed by atoms with E-state index in [-0.39, 0.29) is 0 Å². The average Bonchev–Trinajstić information content (AvgIpc) is 2.84. The molecular formula is C16H17ClN2. The van der Waals surface area contributed by atoms with Crippen LogP contribution in [0.15, 0.2) is 42.5 Å². The van der Waals surface area contributed by atoms with Gasteiger partial charge >= 0.3 is 0 Å². The van der Waals surface area contributed by atoms with Gasteiger partial charge in [0.25, 0.3) is 0 Å². The van der Waals surface area contributed by atoms with Gasteiger partial charge in [0.05, 0.1) is 0 Å². The first-order chi connectivity index (χ1) is 9.15. The Morgan fingerprint density at radius 3 is 2.53 bits per heavy atom. The molecule has 0 aliphatic carbocycles. The van der Waals surface area contributed by atoms with Crippen molar-refractivity contribution in [2.24, 2.45) is 0 Å². The molecule has 1 aliphatic heterocycles. The lowest BCUT2D eigenvalue weighted by Crippen LogP contribution is -2.20. The predicted octanol–water partition coefficient (Wildman–Crippen LogP) is 4.00. The molecule has 0 aromatic heterocycles. The Bertz CT molecular complexity index is 592. The molecule has 2 aromatic carbocycles. The maximum Gasteiger partial charge on any atom is 0.0406 e. The number of nitrogen functional groups attached to an aromatic ring is 1. The molecule has 0 bridgehead atoms. The van der Waals surface area contributed by atoms with Gasteiger partial charge in [-0.15, -0.1) is 0 Å². The smallest absolute Gasteiger partial charge is 0.0406 e. The topological polar surface area (TPSA) is 29.3 Å². The van der Waals surface area contributed by atoms with Gasteiger partial charge in [-0.1, -0.05) is 35.9 Å². The minimum absolute atomic E-state index is 0.365. The summed E-state index contributed by atoms with van der Waals surface area (Å²) in [6.45, 7) is 4.11. The highest BCUT2D eigenvalue weighted by Gasteiger charge is 2.25. The first-order valence-corrected chi connectivity index (χ1v) is 6.88. The van der Waals surface area contributed by atoms with E-state index in [4.69, 9.17) is 17.3 Å². The van der Waals surface area contributed by atoms with E-state index < -0.39 is 0 Å². The first-order valence-electron chi connectivity index (χ1n) is 6.51. The summed E-state index contributed by atoms with van der Waals surface area (Å²) < 4.78 is 0. The fourth-order valence-electron chi connectivity index (χ4n) is 2.70. The molecule has 2 N–H and O–H groups in total. The summed E-state index contributed by atoms with van der Waals surface area (Å²) >= 11 is 5.94. The second-order valence-electron chi connectivity index (χ2n) is 5.12. The van der Waals surface area contributed by atoms with Gasteiger partial charge in [0.1, 0.15) is 0 Å². The molecule has 0 fully saturated rings. The predicted molar refractivity (Wildman–Crippen MR) is 80.0 cm³/mol. The minimum atomic E-state index is 0.365. The number of hydrogen-bond acceptors (Lipinski definition) is 2. The Morgan fingerprint density at radius 2 is 1.84 bits per heavy atom. The SMILES string of the molecule is CC(c1ccc(Cl)cc1)N1Cc2cccc(N)c2C1. The van der Waals surface area contributed by atoms with Crippen molar-refractivity contribution in [2.45, 2.75) is 26.1 Å². The molecule has 98 valence electrons. The van der Waals surface area contributed by atoms with Crippen LogP contribution in [0.3, 0.4) is 0 Å². The molecule has 1 unspecified atom stereocenters. The molecule has 0 amide bonds. The number of rotatable bonds is 2. The third kappa shape index (κ3) is 2.34. The van der Waals surface area contributed by atoms with E-state index >= 15 is 0 Å². The van der Waals surface area contributed by atoms with Crippen molar-refractivity contribution in [1.82, 2.24) is 4.90 Å². The van der Waals surface area contributed by atoms with E-state index in [1.807, 2.05) is 24.3 Å². The van der Waals surface area contributed by atoms with E-state index in [2.05, 4.69) is 30.0 Å². The van der Waals surface area contributed by atoms with Crippen LogP contribution >= 0.6 is 11.6 Å². The van der Waals surface area contributed by atoms with Gasteiger partial charge < -0.3 is 5.73 Å². The molecule has 0 saturated heterocycles. The van der Waals surface area contributed by atoms with Crippen molar-refractivity contribution in [3.63, 3.8) is 0 Å². The number of nitrogens with two attached hydrogens (primary N) is 1. The van der Waals surface area contributed by atoms with Crippen LogP contribution in [0.5, 0.6) is 0 Å². The molecule has 3 heteroatoms. The molecule has 0 saturated carbocycles. The molecule has 19 heavy (non-hydrogen) atoms. The maximum absolute atomic E-state index is 6.05. The highest BCUT2D eigenvalue weighted by atomic mass is 35.5. The highest BCUT2D eigenvalue weighted by molar-refractivity contribution is 6.30. The number of hydrogen-bond donors (Lipinski definition) is 1. The minimum Gasteiger partial charge on any atom is -0.398 e. The van der Waals surface area contributed by atoms with Crippen molar-refractivity contribution in [2.75, 3.05) is 5.73 Å². The monoisotopic (exact) mass is 272 g/mol. The number of nitrogens with zero attached hydrogens (tertiary/aromatic N) is 1. The number of fused-ring (bicyclic) bond motifs is 1. The fourth-order valence-corrected chi connectivity index (χ4v) is 2.83. The van der Waals surface area contributed by atoms with Crippen LogP contribution in [0.1, 0.15) is 29.7 Å². The summed E-state index contributed by atoms with van der Waals surface area (Å²) in [7, 11) is 0. The van der Waals surface area contributed by atoms with Gasteiger partial charge in [-0.05, 0) is 41.8 Å². The van der Waals surface area contributed by atoms with E-state index in [0.29, 0.717) is 6.04 Å². The average molecular weight is 273 g/mol. The third-order valence-corrected chi connectivity index (χ3v) is 4.20. The molecule has 0 spiro atoms. The van der Waals surface area contributed by atoms with Crippen molar-refractivity contribution in [3.8, 4) is 0 Å². The van der Waals surface area contributed by atoms with Crippen LogP contribution in [-0.2, 0) is 13.1 Å². The second-order valence-corrected chi connectivity index (χ2v) is 5.55. The van der Waals surface area contributed by atoms with Gasteiger partial charge in [0, 0.05) is 29.8 Å². The lowest BCUT2D eigenvalue weighted by Gasteiger charge is -2.24. The van der Waals surface area contributed by atoms with Crippen LogP contribution in [0.25, 0.3) is 0 Å². The van der Waals surface area contributed by atoms with Gasteiger partial charge in [-0.25, -0.2) is 0 Å². The number of anilines is 1.